The fourth-order valence-corrected chi connectivity index (χ4v) is 2.94. The molecular formula is C20H26N4O4S. The summed E-state index contributed by atoms with van der Waals surface area (Å²) in [5.41, 5.74) is 1.73. The Hall–Kier alpha value is -2.78. The molecule has 0 aliphatic carbocycles. The Kier molecular flexibility index (Phi) is 7.86. The van der Waals surface area contributed by atoms with Crippen molar-refractivity contribution in [3.05, 3.63) is 66.0 Å². The number of pyridine rings is 1. The number of carbonyl (C=O) groups is 2. The van der Waals surface area contributed by atoms with E-state index in [4.69, 9.17) is 0 Å². The normalized spacial score (nSPS) is 12.4. The van der Waals surface area contributed by atoms with Crippen molar-refractivity contribution < 1.29 is 18.0 Å². The van der Waals surface area contributed by atoms with Gasteiger partial charge in [0.05, 0.1) is 12.8 Å². The van der Waals surface area contributed by atoms with Gasteiger partial charge in [0, 0.05) is 32.5 Å². The van der Waals surface area contributed by atoms with E-state index in [0.717, 1.165) is 21.7 Å². The number of benzene rings is 1. The van der Waals surface area contributed by atoms with Crippen LogP contribution in [0.4, 0.5) is 0 Å². The quantitative estimate of drug-likeness (QED) is 0.655. The molecule has 156 valence electrons. The van der Waals surface area contributed by atoms with Gasteiger partial charge in [0.1, 0.15) is 6.04 Å². The molecule has 1 N–H and O–H groups in total. The summed E-state index contributed by atoms with van der Waals surface area (Å²) in [6.07, 6.45) is 4.31. The number of nitrogens with zero attached hydrogens (tertiary/aromatic N) is 3. The van der Waals surface area contributed by atoms with Crippen LogP contribution in [0, 0.1) is 0 Å². The molecule has 0 radical (unpaired) electrons. The maximum absolute atomic E-state index is 12.9. The second-order valence-electron chi connectivity index (χ2n) is 6.78. The number of hydrogen-bond acceptors (Lipinski definition) is 5. The van der Waals surface area contributed by atoms with Crippen LogP contribution in [0.5, 0.6) is 0 Å². The molecule has 9 heteroatoms. The molecule has 29 heavy (non-hydrogen) atoms. The van der Waals surface area contributed by atoms with Gasteiger partial charge in [0.2, 0.25) is 21.8 Å². The molecule has 1 atom stereocenters. The minimum atomic E-state index is -3.52. The van der Waals surface area contributed by atoms with Crippen molar-refractivity contribution in [2.24, 2.45) is 0 Å². The second-order valence-corrected chi connectivity index (χ2v) is 8.86. The van der Waals surface area contributed by atoms with E-state index in [1.807, 2.05) is 30.3 Å². The number of aromatic nitrogens is 1. The molecule has 8 nitrogen and oxygen atoms in total. The first-order valence-corrected chi connectivity index (χ1v) is 10.9. The third-order valence-corrected chi connectivity index (χ3v) is 5.76. The predicted molar refractivity (Wildman–Crippen MR) is 110 cm³/mol. The van der Waals surface area contributed by atoms with Crippen LogP contribution >= 0.6 is 0 Å². The summed E-state index contributed by atoms with van der Waals surface area (Å²) < 4.78 is 24.3. The van der Waals surface area contributed by atoms with Gasteiger partial charge < -0.3 is 10.2 Å². The number of nitrogens with one attached hydrogen (secondary N) is 1. The van der Waals surface area contributed by atoms with Crippen LogP contribution in [0.15, 0.2) is 54.9 Å². The first-order valence-electron chi connectivity index (χ1n) is 9.10. The van der Waals surface area contributed by atoms with Gasteiger partial charge in [-0.1, -0.05) is 30.3 Å². The molecule has 1 aromatic heterocycles. The molecule has 0 aliphatic heterocycles. The minimum Gasteiger partial charge on any atom is -0.350 e. The Bertz CT molecular complexity index is 920. The van der Waals surface area contributed by atoms with Crippen molar-refractivity contribution in [3.63, 3.8) is 0 Å². The summed E-state index contributed by atoms with van der Waals surface area (Å²) >= 11 is 0. The van der Waals surface area contributed by atoms with Crippen molar-refractivity contribution in [2.45, 2.75) is 26.1 Å². The van der Waals surface area contributed by atoms with Crippen LogP contribution in [0.25, 0.3) is 0 Å². The van der Waals surface area contributed by atoms with E-state index in [0.29, 0.717) is 6.54 Å². The third-order valence-electron chi connectivity index (χ3n) is 4.50. The molecule has 0 fully saturated rings. The molecule has 0 spiro atoms. The summed E-state index contributed by atoms with van der Waals surface area (Å²) in [4.78, 5) is 30.9. The number of amides is 2. The van der Waals surface area contributed by atoms with Gasteiger partial charge in [0.15, 0.2) is 0 Å². The van der Waals surface area contributed by atoms with Gasteiger partial charge in [-0.25, -0.2) is 8.42 Å². The van der Waals surface area contributed by atoms with Crippen LogP contribution in [0.2, 0.25) is 0 Å². The van der Waals surface area contributed by atoms with E-state index in [-0.39, 0.29) is 19.0 Å². The van der Waals surface area contributed by atoms with Crippen molar-refractivity contribution in [2.75, 3.05) is 19.8 Å². The topological polar surface area (TPSA) is 99.7 Å². The molecule has 2 rings (SSSR count). The molecule has 0 aliphatic rings. The standard InChI is InChI=1S/C20H26N4O4S/c1-16(20(26)22-13-17-9-11-21-12-10-17)24(14-18-7-5-4-6-8-18)19(25)15-23(2)29(3,27)28/h4-12,16H,13-15H2,1-3H3,(H,22,26). The monoisotopic (exact) mass is 418 g/mol. The van der Waals surface area contributed by atoms with E-state index in [9.17, 15) is 18.0 Å². The average molecular weight is 419 g/mol. The summed E-state index contributed by atoms with van der Waals surface area (Å²) in [5, 5.41) is 2.81. The molecule has 0 bridgehead atoms. The molecule has 2 aromatic rings. The highest BCUT2D eigenvalue weighted by atomic mass is 32.2. The number of carbonyl (C=O) groups excluding carboxylic acids is 2. The van der Waals surface area contributed by atoms with E-state index in [1.54, 1.807) is 31.5 Å². The highest BCUT2D eigenvalue weighted by Gasteiger charge is 2.28. The first kappa shape index (κ1) is 22.5. The second kappa shape index (κ2) is 10.1. The highest BCUT2D eigenvalue weighted by molar-refractivity contribution is 7.88. The number of hydrogen-bond donors (Lipinski definition) is 1. The average Bonchev–Trinajstić information content (AvgIpc) is 2.70. The Balaban J connectivity index is 2.13. The van der Waals surface area contributed by atoms with Gasteiger partial charge in [0.25, 0.3) is 0 Å². The van der Waals surface area contributed by atoms with E-state index >= 15 is 0 Å². The summed E-state index contributed by atoms with van der Waals surface area (Å²) in [6.45, 7) is 1.79. The first-order chi connectivity index (χ1) is 13.7. The fraction of sp³-hybridized carbons (Fsp3) is 0.350. The summed E-state index contributed by atoms with van der Waals surface area (Å²) in [6, 6.07) is 12.0. The number of sulfonamides is 1. The zero-order chi connectivity index (χ0) is 21.4. The molecule has 2 amide bonds. The van der Waals surface area contributed by atoms with E-state index in [1.165, 1.54) is 11.9 Å². The van der Waals surface area contributed by atoms with Gasteiger partial charge in [-0.05, 0) is 30.2 Å². The van der Waals surface area contributed by atoms with Crippen molar-refractivity contribution in [1.29, 1.82) is 0 Å². The van der Waals surface area contributed by atoms with Gasteiger partial charge in [-0.2, -0.15) is 4.31 Å². The SMILES string of the molecule is CC(C(=O)NCc1ccncc1)N(Cc1ccccc1)C(=O)CN(C)S(C)(=O)=O. The number of likely N-dealkylation sites (N-methyl/N-ethyl adjacent to an activating group) is 1. The van der Waals surface area contributed by atoms with Gasteiger partial charge >= 0.3 is 0 Å². The lowest BCUT2D eigenvalue weighted by Crippen LogP contribution is -2.50. The molecule has 1 aromatic carbocycles. The predicted octanol–water partition coefficient (Wildman–Crippen LogP) is 1.01. The third kappa shape index (κ3) is 6.95. The maximum Gasteiger partial charge on any atom is 0.242 e. The summed E-state index contributed by atoms with van der Waals surface area (Å²) in [7, 11) is -2.18. The van der Waals surface area contributed by atoms with Gasteiger partial charge in [-0.3, -0.25) is 14.6 Å². The lowest BCUT2D eigenvalue weighted by atomic mass is 10.1. The number of rotatable bonds is 9. The molecule has 0 saturated carbocycles. The molecule has 1 heterocycles. The Morgan fingerprint density at radius 1 is 1.07 bits per heavy atom. The minimum absolute atomic E-state index is 0.196. The van der Waals surface area contributed by atoms with Crippen LogP contribution in [0.1, 0.15) is 18.1 Å². The van der Waals surface area contributed by atoms with Crippen LogP contribution < -0.4 is 5.32 Å². The van der Waals surface area contributed by atoms with Crippen LogP contribution in [0.3, 0.4) is 0 Å². The molecule has 0 saturated heterocycles. The highest BCUT2D eigenvalue weighted by Crippen LogP contribution is 2.11. The zero-order valence-electron chi connectivity index (χ0n) is 16.8. The van der Waals surface area contributed by atoms with Crippen molar-refractivity contribution in [3.8, 4) is 0 Å². The smallest absolute Gasteiger partial charge is 0.242 e. The lowest BCUT2D eigenvalue weighted by Gasteiger charge is -2.30. The lowest BCUT2D eigenvalue weighted by molar-refractivity contribution is -0.140. The molecular weight excluding hydrogens is 392 g/mol. The Morgan fingerprint density at radius 3 is 2.28 bits per heavy atom. The summed E-state index contributed by atoms with van der Waals surface area (Å²) in [5.74, 6) is -0.776. The molecule has 1 unspecified atom stereocenters. The largest absolute Gasteiger partial charge is 0.350 e. The van der Waals surface area contributed by atoms with Gasteiger partial charge in [-0.15, -0.1) is 0 Å². The van der Waals surface area contributed by atoms with Crippen LogP contribution in [-0.2, 0) is 32.7 Å². The maximum atomic E-state index is 12.9. The van der Waals surface area contributed by atoms with Crippen molar-refractivity contribution >= 4 is 21.8 Å². The Morgan fingerprint density at radius 2 is 1.69 bits per heavy atom. The van der Waals surface area contributed by atoms with Crippen LogP contribution in [-0.4, -0.2) is 60.3 Å². The van der Waals surface area contributed by atoms with Crippen molar-refractivity contribution in [1.82, 2.24) is 19.5 Å². The van der Waals surface area contributed by atoms with E-state index < -0.39 is 22.0 Å². The van der Waals surface area contributed by atoms with E-state index in [2.05, 4.69) is 10.3 Å². The Labute approximate surface area is 171 Å². The zero-order valence-corrected chi connectivity index (χ0v) is 17.6. The fourth-order valence-electron chi connectivity index (χ4n) is 2.60.